The van der Waals surface area contributed by atoms with E-state index >= 15 is 0 Å². The van der Waals surface area contributed by atoms with Crippen LogP contribution in [0.15, 0.2) is 12.1 Å². The summed E-state index contributed by atoms with van der Waals surface area (Å²) >= 11 is 1.92. The Labute approximate surface area is 95.0 Å². The van der Waals surface area contributed by atoms with Gasteiger partial charge in [0.1, 0.15) is 0 Å². The molecule has 14 heavy (non-hydrogen) atoms. The number of rotatable bonds is 3. The molecule has 1 aromatic carbocycles. The van der Waals surface area contributed by atoms with Crippen LogP contribution >= 0.6 is 22.6 Å². The lowest BCUT2D eigenvalue weighted by atomic mass is 10.2. The van der Waals surface area contributed by atoms with Gasteiger partial charge < -0.3 is 14.6 Å². The number of hydrogen-bond donors (Lipinski definition) is 1. The van der Waals surface area contributed by atoms with Crippen molar-refractivity contribution in [3.63, 3.8) is 0 Å². The first-order valence-corrected chi connectivity index (χ1v) is 4.83. The Kier molecular flexibility index (Phi) is 3.56. The number of halogens is 1. The molecule has 0 unspecified atom stereocenters. The summed E-state index contributed by atoms with van der Waals surface area (Å²) in [6.45, 7) is 0. The third-order valence-corrected chi connectivity index (χ3v) is 2.79. The lowest BCUT2D eigenvalue weighted by molar-refractivity contribution is 0.0695. The van der Waals surface area contributed by atoms with Gasteiger partial charge in [0, 0.05) is 0 Å². The fraction of sp³-hybridized carbons (Fsp3) is 0.222. The van der Waals surface area contributed by atoms with Gasteiger partial charge in [-0.2, -0.15) is 0 Å². The van der Waals surface area contributed by atoms with Gasteiger partial charge in [0.2, 0.25) is 0 Å². The fourth-order valence-corrected chi connectivity index (χ4v) is 1.95. The molecule has 1 aromatic rings. The van der Waals surface area contributed by atoms with Crippen LogP contribution in [0.4, 0.5) is 0 Å². The lowest BCUT2D eigenvalue weighted by Gasteiger charge is -2.10. The second kappa shape index (κ2) is 4.50. The number of aromatic carboxylic acids is 1. The molecule has 0 aliphatic carbocycles. The molecule has 0 atom stereocenters. The highest BCUT2D eigenvalue weighted by Gasteiger charge is 2.16. The molecule has 0 aliphatic heterocycles. The van der Waals surface area contributed by atoms with Gasteiger partial charge in [-0.25, -0.2) is 4.79 Å². The molecule has 5 heteroatoms. The molecule has 0 aromatic heterocycles. The number of ether oxygens (including phenoxy) is 2. The summed E-state index contributed by atoms with van der Waals surface area (Å²) in [6, 6.07) is 3.07. The van der Waals surface area contributed by atoms with Crippen LogP contribution in [-0.2, 0) is 0 Å². The third-order valence-electron chi connectivity index (χ3n) is 1.72. The van der Waals surface area contributed by atoms with E-state index in [0.29, 0.717) is 15.1 Å². The molecule has 4 nitrogen and oxygen atoms in total. The maximum absolute atomic E-state index is 10.8. The van der Waals surface area contributed by atoms with E-state index < -0.39 is 5.97 Å². The number of methoxy groups -OCH3 is 2. The topological polar surface area (TPSA) is 55.8 Å². The van der Waals surface area contributed by atoms with E-state index in [1.807, 2.05) is 22.6 Å². The van der Waals surface area contributed by atoms with Crippen molar-refractivity contribution in [1.29, 1.82) is 0 Å². The summed E-state index contributed by atoms with van der Waals surface area (Å²) in [5, 5.41) is 8.85. The molecule has 0 saturated carbocycles. The Morgan fingerprint density at radius 2 is 2.00 bits per heavy atom. The average Bonchev–Trinajstić information content (AvgIpc) is 2.16. The lowest BCUT2D eigenvalue weighted by Crippen LogP contribution is -2.02. The minimum Gasteiger partial charge on any atom is -0.493 e. The van der Waals surface area contributed by atoms with E-state index in [0.717, 1.165) is 0 Å². The van der Waals surface area contributed by atoms with Gasteiger partial charge >= 0.3 is 5.97 Å². The van der Waals surface area contributed by atoms with Crippen LogP contribution in [0.5, 0.6) is 11.5 Å². The normalized spacial score (nSPS) is 9.64. The van der Waals surface area contributed by atoms with Gasteiger partial charge in [-0.1, -0.05) is 0 Å². The molecule has 0 bridgehead atoms. The Hall–Kier alpha value is -0.980. The highest BCUT2D eigenvalue weighted by molar-refractivity contribution is 14.1. The van der Waals surface area contributed by atoms with E-state index in [4.69, 9.17) is 14.6 Å². The number of benzene rings is 1. The predicted octanol–water partition coefficient (Wildman–Crippen LogP) is 2.01. The number of carboxylic acids is 1. The van der Waals surface area contributed by atoms with E-state index in [2.05, 4.69) is 0 Å². The average molecular weight is 308 g/mol. The third kappa shape index (κ3) is 1.92. The van der Waals surface area contributed by atoms with E-state index in [1.54, 1.807) is 6.07 Å². The predicted molar refractivity (Wildman–Crippen MR) is 59.2 cm³/mol. The Morgan fingerprint density at radius 1 is 1.36 bits per heavy atom. The van der Waals surface area contributed by atoms with Gasteiger partial charge in [-0.15, -0.1) is 0 Å². The molecule has 0 saturated heterocycles. The van der Waals surface area contributed by atoms with Gasteiger partial charge in [0.25, 0.3) is 0 Å². The summed E-state index contributed by atoms with van der Waals surface area (Å²) in [6.07, 6.45) is 0. The van der Waals surface area contributed by atoms with E-state index in [9.17, 15) is 4.79 Å². The zero-order valence-electron chi connectivity index (χ0n) is 7.70. The van der Waals surface area contributed by atoms with Crippen LogP contribution in [0.2, 0.25) is 0 Å². The monoisotopic (exact) mass is 308 g/mol. The van der Waals surface area contributed by atoms with Crippen molar-refractivity contribution in [2.45, 2.75) is 0 Å². The molecule has 0 aliphatic rings. The van der Waals surface area contributed by atoms with Crippen molar-refractivity contribution >= 4 is 28.6 Å². The van der Waals surface area contributed by atoms with Crippen molar-refractivity contribution in [2.24, 2.45) is 0 Å². The first-order chi connectivity index (χ1) is 6.61. The van der Waals surface area contributed by atoms with Crippen molar-refractivity contribution in [3.8, 4) is 11.5 Å². The van der Waals surface area contributed by atoms with E-state index in [-0.39, 0.29) is 5.56 Å². The molecule has 1 N–H and O–H groups in total. The first-order valence-electron chi connectivity index (χ1n) is 3.75. The quantitative estimate of drug-likeness (QED) is 0.868. The Bertz CT molecular complexity index is 362. The summed E-state index contributed by atoms with van der Waals surface area (Å²) in [5.41, 5.74) is 0.211. The smallest absolute Gasteiger partial charge is 0.336 e. The van der Waals surface area contributed by atoms with Crippen LogP contribution in [0.25, 0.3) is 0 Å². The standard InChI is InChI=1S/C9H9IO4/c1-13-6-4-3-5(9(11)12)7(10)8(6)14-2/h3-4H,1-2H3,(H,11,12). The largest absolute Gasteiger partial charge is 0.493 e. The maximum atomic E-state index is 10.8. The minimum absolute atomic E-state index is 0.211. The Balaban J connectivity index is 3.34. The summed E-state index contributed by atoms with van der Waals surface area (Å²) in [4.78, 5) is 10.8. The maximum Gasteiger partial charge on any atom is 0.336 e. The van der Waals surface area contributed by atoms with Gasteiger partial charge in [0.05, 0.1) is 23.4 Å². The molecule has 0 amide bonds. The zero-order valence-corrected chi connectivity index (χ0v) is 9.86. The van der Waals surface area contributed by atoms with Gasteiger partial charge in [-0.3, -0.25) is 0 Å². The van der Waals surface area contributed by atoms with Gasteiger partial charge in [-0.05, 0) is 34.7 Å². The molecule has 0 radical (unpaired) electrons. The van der Waals surface area contributed by atoms with Crippen LogP contribution in [0, 0.1) is 3.57 Å². The van der Waals surface area contributed by atoms with E-state index in [1.165, 1.54) is 20.3 Å². The summed E-state index contributed by atoms with van der Waals surface area (Å²) in [5.74, 6) is 0.00486. The summed E-state index contributed by atoms with van der Waals surface area (Å²) in [7, 11) is 2.99. The van der Waals surface area contributed by atoms with Crippen molar-refractivity contribution in [2.75, 3.05) is 14.2 Å². The molecule has 0 spiro atoms. The highest BCUT2D eigenvalue weighted by atomic mass is 127. The minimum atomic E-state index is -0.977. The Morgan fingerprint density at radius 3 is 2.43 bits per heavy atom. The van der Waals surface area contributed by atoms with Crippen molar-refractivity contribution < 1.29 is 19.4 Å². The number of carboxylic acid groups (broad SMARTS) is 1. The molecule has 76 valence electrons. The second-order valence-electron chi connectivity index (χ2n) is 2.47. The molecular weight excluding hydrogens is 299 g/mol. The number of carbonyl (C=O) groups is 1. The van der Waals surface area contributed by atoms with Crippen LogP contribution < -0.4 is 9.47 Å². The van der Waals surface area contributed by atoms with Crippen LogP contribution in [0.1, 0.15) is 10.4 Å². The zero-order chi connectivity index (χ0) is 10.7. The molecule has 0 heterocycles. The fourth-order valence-electron chi connectivity index (χ4n) is 1.05. The number of hydrogen-bond acceptors (Lipinski definition) is 3. The van der Waals surface area contributed by atoms with Crippen LogP contribution in [-0.4, -0.2) is 25.3 Å². The summed E-state index contributed by atoms with van der Waals surface area (Å²) < 4.78 is 10.6. The molecule has 0 fully saturated rings. The SMILES string of the molecule is COc1ccc(C(=O)O)c(I)c1OC. The molecule has 1 rings (SSSR count). The second-order valence-corrected chi connectivity index (χ2v) is 3.55. The first kappa shape index (κ1) is 11.1. The molecular formula is C9H9IO4. The van der Waals surface area contributed by atoms with Crippen molar-refractivity contribution in [1.82, 2.24) is 0 Å². The van der Waals surface area contributed by atoms with Crippen molar-refractivity contribution in [3.05, 3.63) is 21.3 Å². The van der Waals surface area contributed by atoms with Crippen LogP contribution in [0.3, 0.4) is 0 Å². The van der Waals surface area contributed by atoms with Gasteiger partial charge in [0.15, 0.2) is 11.5 Å². The highest BCUT2D eigenvalue weighted by Crippen LogP contribution is 2.34.